The maximum absolute atomic E-state index is 9.21. The van der Waals surface area contributed by atoms with Gasteiger partial charge in [0.2, 0.25) is 10.9 Å². The Morgan fingerprint density at radius 2 is 2.21 bits per heavy atom. The highest BCUT2D eigenvalue weighted by Crippen LogP contribution is 2.29. The average Bonchev–Trinajstić information content (AvgIpc) is 2.25. The monoisotopic (exact) mass is 231 g/mol. The van der Waals surface area contributed by atoms with Gasteiger partial charge >= 0.3 is 0 Å². The quantitative estimate of drug-likeness (QED) is 0.423. The Morgan fingerprint density at radius 3 is 2.36 bits per heavy atom. The first-order valence-electron chi connectivity index (χ1n) is 3.66. The van der Waals surface area contributed by atoms with E-state index in [1.165, 1.54) is 6.92 Å². The number of aryl methyl sites for hydroxylation is 1. The van der Waals surface area contributed by atoms with Gasteiger partial charge in [-0.05, 0) is 33.5 Å². The maximum Gasteiger partial charge on any atom is 0.230 e. The Kier molecular flexibility index (Phi) is 5.22. The van der Waals surface area contributed by atoms with Crippen molar-refractivity contribution in [1.29, 1.82) is 0 Å². The van der Waals surface area contributed by atoms with Crippen molar-refractivity contribution in [1.82, 2.24) is 4.34 Å². The molecular weight excluding hydrogens is 221 g/mol. The van der Waals surface area contributed by atoms with Gasteiger partial charge in [-0.1, -0.05) is 0 Å². The molecular formula is C8H11ClN3OP. The summed E-state index contributed by atoms with van der Waals surface area (Å²) in [5.41, 5.74) is 7.01. The molecule has 1 atom stereocenters. The van der Waals surface area contributed by atoms with E-state index in [-0.39, 0.29) is 5.24 Å². The highest BCUT2D eigenvalue weighted by atomic mass is 35.5. The van der Waals surface area contributed by atoms with Crippen LogP contribution in [0.25, 0.3) is 4.85 Å². The first-order valence-corrected chi connectivity index (χ1v) is 4.55. The van der Waals surface area contributed by atoms with Crippen LogP contribution < -0.4 is 5.73 Å². The fraction of sp³-hybridized carbons (Fsp3) is 0.250. The molecule has 1 aromatic rings. The molecule has 0 fully saturated rings. The molecule has 0 aliphatic heterocycles. The Morgan fingerprint density at radius 1 is 1.79 bits per heavy atom. The molecule has 76 valence electrons. The minimum atomic E-state index is -0.361. The Balaban J connectivity index is 0.000000364. The zero-order chi connectivity index (χ0) is 11.3. The number of nitrogen functional groups attached to an aromatic ring is 1. The third-order valence-corrected chi connectivity index (χ3v) is 1.77. The van der Waals surface area contributed by atoms with Gasteiger partial charge in [0, 0.05) is 13.1 Å². The molecule has 1 rings (SSSR count). The molecule has 0 spiro atoms. The van der Waals surface area contributed by atoms with Gasteiger partial charge in [0.1, 0.15) is 5.82 Å². The molecule has 0 aromatic carbocycles. The van der Waals surface area contributed by atoms with Gasteiger partial charge in [0.05, 0.1) is 6.57 Å². The van der Waals surface area contributed by atoms with Crippen molar-refractivity contribution in [2.75, 3.05) is 5.73 Å². The number of nitrogens with zero attached hydrogens (tertiary/aromatic N) is 2. The van der Waals surface area contributed by atoms with E-state index in [2.05, 4.69) is 25.8 Å². The smallest absolute Gasteiger partial charge is 0.230 e. The van der Waals surface area contributed by atoms with Crippen LogP contribution in [-0.2, 0) is 4.79 Å². The third kappa shape index (κ3) is 3.78. The summed E-state index contributed by atoms with van der Waals surface area (Å²) < 4.78 is 1.67. The van der Waals surface area contributed by atoms with Gasteiger partial charge in [-0.15, -0.1) is 0 Å². The van der Waals surface area contributed by atoms with E-state index in [0.29, 0.717) is 11.5 Å². The van der Waals surface area contributed by atoms with E-state index in [1.807, 2.05) is 13.1 Å². The molecule has 0 aliphatic carbocycles. The van der Waals surface area contributed by atoms with Crippen molar-refractivity contribution in [3.05, 3.63) is 23.2 Å². The van der Waals surface area contributed by atoms with Crippen LogP contribution in [0.4, 0.5) is 11.5 Å². The first-order chi connectivity index (χ1) is 6.40. The Hall–Kier alpha value is -1.04. The number of hydrogen-bond acceptors (Lipinski definition) is 2. The maximum atomic E-state index is 9.21. The fourth-order valence-electron chi connectivity index (χ4n) is 0.809. The Labute approximate surface area is 90.1 Å². The summed E-state index contributed by atoms with van der Waals surface area (Å²) in [6, 6.07) is 0. The fourth-order valence-corrected chi connectivity index (χ4v) is 1.15. The standard InChI is InChI=1S/C6H8N3P.C2H3ClO/c1-4-3-9(10)6(7)5(4)8-2;1-2(3)4/h3H,7,10H2,1H3;1H3. The van der Waals surface area contributed by atoms with Crippen molar-refractivity contribution in [2.24, 2.45) is 0 Å². The zero-order valence-electron chi connectivity index (χ0n) is 7.91. The molecule has 6 heteroatoms. The zero-order valence-corrected chi connectivity index (χ0v) is 9.82. The average molecular weight is 232 g/mol. The minimum absolute atomic E-state index is 0.361. The van der Waals surface area contributed by atoms with Crippen molar-refractivity contribution in [3.63, 3.8) is 0 Å². The van der Waals surface area contributed by atoms with E-state index < -0.39 is 0 Å². The van der Waals surface area contributed by atoms with Crippen molar-refractivity contribution in [3.8, 4) is 0 Å². The van der Waals surface area contributed by atoms with Gasteiger partial charge in [-0.2, -0.15) is 0 Å². The SMILES string of the molecule is CC(=O)Cl.[C-]#[N+]c1c(C)cn(P)c1N. The number of aromatic nitrogens is 1. The number of carbonyl (C=O) groups excluding carboxylic acids is 1. The molecule has 0 saturated heterocycles. The van der Waals surface area contributed by atoms with Gasteiger partial charge in [-0.3, -0.25) is 4.79 Å². The number of rotatable bonds is 0. The summed E-state index contributed by atoms with van der Waals surface area (Å²) in [7, 11) is 2.42. The van der Waals surface area contributed by atoms with Crippen molar-refractivity contribution >= 4 is 37.7 Å². The second-order valence-electron chi connectivity index (χ2n) is 2.54. The van der Waals surface area contributed by atoms with E-state index in [4.69, 9.17) is 12.3 Å². The summed E-state index contributed by atoms with van der Waals surface area (Å²) in [6.07, 6.45) is 1.81. The van der Waals surface area contributed by atoms with Crippen LogP contribution in [-0.4, -0.2) is 9.58 Å². The lowest BCUT2D eigenvalue weighted by Gasteiger charge is -1.92. The molecule has 0 radical (unpaired) electrons. The predicted molar refractivity (Wildman–Crippen MR) is 61.5 cm³/mol. The molecule has 14 heavy (non-hydrogen) atoms. The van der Waals surface area contributed by atoms with Crippen LogP contribution in [0.3, 0.4) is 0 Å². The number of nitrogens with two attached hydrogens (primary N) is 1. The molecule has 0 amide bonds. The molecule has 0 bridgehead atoms. The highest BCUT2D eigenvalue weighted by molar-refractivity contribution is 7.14. The van der Waals surface area contributed by atoms with E-state index in [9.17, 15) is 4.79 Å². The lowest BCUT2D eigenvalue weighted by Crippen LogP contribution is -1.87. The van der Waals surface area contributed by atoms with Crippen LogP contribution >= 0.6 is 21.0 Å². The molecule has 1 unspecified atom stereocenters. The first kappa shape index (κ1) is 13.0. The van der Waals surface area contributed by atoms with E-state index >= 15 is 0 Å². The summed E-state index contributed by atoms with van der Waals surface area (Å²) >= 11 is 4.64. The van der Waals surface area contributed by atoms with E-state index in [1.54, 1.807) is 4.34 Å². The molecule has 1 heterocycles. The molecule has 2 N–H and O–H groups in total. The summed E-state index contributed by atoms with van der Waals surface area (Å²) in [5.74, 6) is 0.512. The van der Waals surface area contributed by atoms with Crippen LogP contribution in [0, 0.1) is 13.5 Å². The second-order valence-corrected chi connectivity index (χ2v) is 3.62. The molecule has 4 nitrogen and oxygen atoms in total. The summed E-state index contributed by atoms with van der Waals surface area (Å²) in [6.45, 7) is 9.92. The number of halogens is 1. The number of hydrogen-bond donors (Lipinski definition) is 1. The largest absolute Gasteiger partial charge is 0.394 e. The van der Waals surface area contributed by atoms with Crippen LogP contribution in [0.15, 0.2) is 6.20 Å². The normalized spacial score (nSPS) is 8.50. The lowest BCUT2D eigenvalue weighted by atomic mass is 10.3. The van der Waals surface area contributed by atoms with Crippen LogP contribution in [0.1, 0.15) is 12.5 Å². The third-order valence-electron chi connectivity index (χ3n) is 1.34. The summed E-state index contributed by atoms with van der Waals surface area (Å²) in [4.78, 5) is 12.5. The molecule has 1 aromatic heterocycles. The van der Waals surface area contributed by atoms with Gasteiger partial charge < -0.3 is 10.1 Å². The second kappa shape index (κ2) is 5.64. The lowest BCUT2D eigenvalue weighted by molar-refractivity contribution is -0.109. The van der Waals surface area contributed by atoms with E-state index in [0.717, 1.165) is 5.56 Å². The van der Waals surface area contributed by atoms with Gasteiger partial charge in [-0.25, -0.2) is 4.85 Å². The topological polar surface area (TPSA) is 52.4 Å². The van der Waals surface area contributed by atoms with Crippen LogP contribution in [0.2, 0.25) is 0 Å². The highest BCUT2D eigenvalue weighted by Gasteiger charge is 2.06. The number of carbonyl (C=O) groups is 1. The van der Waals surface area contributed by atoms with Crippen LogP contribution in [0.5, 0.6) is 0 Å². The minimum Gasteiger partial charge on any atom is -0.394 e. The Bertz CT molecular complexity index is 377. The predicted octanol–water partition coefficient (Wildman–Crippen LogP) is 2.34. The number of anilines is 1. The molecule has 0 saturated carbocycles. The van der Waals surface area contributed by atoms with Crippen molar-refractivity contribution < 1.29 is 4.79 Å². The molecule has 0 aliphatic rings. The van der Waals surface area contributed by atoms with Crippen molar-refractivity contribution in [2.45, 2.75) is 13.8 Å². The summed E-state index contributed by atoms with van der Waals surface area (Å²) in [5, 5.41) is -0.361. The van der Waals surface area contributed by atoms with Gasteiger partial charge in [0.25, 0.3) is 0 Å². The van der Waals surface area contributed by atoms with Gasteiger partial charge in [0.15, 0.2) is 0 Å².